The van der Waals surface area contributed by atoms with Crippen molar-refractivity contribution < 1.29 is 9.90 Å². The van der Waals surface area contributed by atoms with Gasteiger partial charge in [0, 0.05) is 13.1 Å². The number of likely N-dealkylation sites (tertiary alicyclic amines) is 1. The van der Waals surface area contributed by atoms with Gasteiger partial charge in [0.15, 0.2) is 0 Å². The Kier molecular flexibility index (Phi) is 3.95. The molecule has 0 saturated carbocycles. The van der Waals surface area contributed by atoms with Crippen molar-refractivity contribution in [3.63, 3.8) is 0 Å². The zero-order chi connectivity index (χ0) is 14.0. The van der Waals surface area contributed by atoms with E-state index >= 15 is 0 Å². The van der Waals surface area contributed by atoms with E-state index in [2.05, 4.69) is 24.8 Å². The second-order valence-corrected chi connectivity index (χ2v) is 5.60. The Hall–Kier alpha value is -1.35. The molecule has 0 radical (unpaired) electrons. The van der Waals surface area contributed by atoms with Gasteiger partial charge < -0.3 is 5.11 Å². The van der Waals surface area contributed by atoms with Gasteiger partial charge in [-0.3, -0.25) is 4.90 Å². The van der Waals surface area contributed by atoms with E-state index in [1.807, 2.05) is 25.1 Å². The Morgan fingerprint density at radius 1 is 1.37 bits per heavy atom. The molecule has 1 aromatic carbocycles. The molecule has 0 bridgehead atoms. The molecule has 1 aromatic rings. The molecule has 1 atom stereocenters. The van der Waals surface area contributed by atoms with Crippen LogP contribution in [0.5, 0.6) is 0 Å². The van der Waals surface area contributed by atoms with Crippen molar-refractivity contribution in [3.8, 4) is 0 Å². The first-order valence-corrected chi connectivity index (χ1v) is 7.12. The van der Waals surface area contributed by atoms with Crippen LogP contribution in [0.1, 0.15) is 50.7 Å². The van der Waals surface area contributed by atoms with Crippen molar-refractivity contribution in [2.24, 2.45) is 0 Å². The number of aliphatic carboxylic acids is 1. The fourth-order valence-electron chi connectivity index (χ4n) is 3.06. The van der Waals surface area contributed by atoms with Gasteiger partial charge in [-0.1, -0.05) is 45.0 Å². The van der Waals surface area contributed by atoms with Crippen LogP contribution in [0.25, 0.3) is 0 Å². The largest absolute Gasteiger partial charge is 0.480 e. The molecule has 3 heteroatoms. The van der Waals surface area contributed by atoms with Gasteiger partial charge in [0.2, 0.25) is 0 Å². The highest BCUT2D eigenvalue weighted by molar-refractivity contribution is 5.81. The number of carbonyl (C=O) groups is 1. The highest BCUT2D eigenvalue weighted by atomic mass is 16.4. The molecule has 0 amide bonds. The highest BCUT2D eigenvalue weighted by Crippen LogP contribution is 2.39. The van der Waals surface area contributed by atoms with Crippen LogP contribution in [-0.2, 0) is 10.3 Å². The summed E-state index contributed by atoms with van der Waals surface area (Å²) in [5.74, 6) is -0.384. The normalized spacial score (nSPS) is 18.9. The summed E-state index contributed by atoms with van der Waals surface area (Å²) in [5.41, 5.74) is 1.28. The molecule has 1 aliphatic heterocycles. The SMILES string of the molecule is CCC(C(=O)O)(c1ccccc1C(C)C)N1CCC1. The van der Waals surface area contributed by atoms with Crippen LogP contribution in [0.2, 0.25) is 0 Å². The summed E-state index contributed by atoms with van der Waals surface area (Å²) in [6, 6.07) is 8.00. The molecule has 3 nitrogen and oxygen atoms in total. The number of hydrogen-bond donors (Lipinski definition) is 1. The van der Waals surface area contributed by atoms with Gasteiger partial charge in [0.05, 0.1) is 0 Å². The average Bonchev–Trinajstić information content (AvgIpc) is 2.33. The lowest BCUT2D eigenvalue weighted by molar-refractivity contribution is -0.156. The van der Waals surface area contributed by atoms with Crippen LogP contribution in [0, 0.1) is 0 Å². The summed E-state index contributed by atoms with van der Waals surface area (Å²) >= 11 is 0. The van der Waals surface area contributed by atoms with Crippen molar-refractivity contribution in [2.75, 3.05) is 13.1 Å². The number of carboxylic acid groups (broad SMARTS) is 1. The smallest absolute Gasteiger partial charge is 0.328 e. The zero-order valence-electron chi connectivity index (χ0n) is 12.0. The molecule has 19 heavy (non-hydrogen) atoms. The van der Waals surface area contributed by atoms with Crippen molar-refractivity contribution in [1.29, 1.82) is 0 Å². The fourth-order valence-corrected chi connectivity index (χ4v) is 3.06. The molecular formula is C16H23NO2. The molecule has 104 valence electrons. The molecule has 0 spiro atoms. The summed E-state index contributed by atoms with van der Waals surface area (Å²) in [6.07, 6.45) is 1.70. The van der Waals surface area contributed by atoms with Crippen molar-refractivity contribution >= 4 is 5.97 Å². The van der Waals surface area contributed by atoms with Crippen LogP contribution in [-0.4, -0.2) is 29.1 Å². The Morgan fingerprint density at radius 2 is 2.00 bits per heavy atom. The van der Waals surface area contributed by atoms with E-state index in [0.29, 0.717) is 12.3 Å². The van der Waals surface area contributed by atoms with E-state index < -0.39 is 11.5 Å². The van der Waals surface area contributed by atoms with Crippen LogP contribution >= 0.6 is 0 Å². The predicted octanol–water partition coefficient (Wildman–Crippen LogP) is 3.21. The van der Waals surface area contributed by atoms with E-state index in [0.717, 1.165) is 30.6 Å². The molecule has 1 N–H and O–H groups in total. The standard InChI is InChI=1S/C16H23NO2/c1-4-16(15(18)19,17-10-7-11-17)14-9-6-5-8-13(14)12(2)3/h5-6,8-9,12H,4,7,10-11H2,1-3H3,(H,18,19). The number of hydrogen-bond acceptors (Lipinski definition) is 2. The van der Waals surface area contributed by atoms with E-state index in [4.69, 9.17) is 0 Å². The quantitative estimate of drug-likeness (QED) is 0.884. The molecule has 1 unspecified atom stereocenters. The van der Waals surface area contributed by atoms with Gasteiger partial charge in [-0.25, -0.2) is 4.79 Å². The minimum Gasteiger partial charge on any atom is -0.480 e. The lowest BCUT2D eigenvalue weighted by atomic mass is 9.78. The molecule has 2 rings (SSSR count). The monoisotopic (exact) mass is 261 g/mol. The Labute approximate surface area is 115 Å². The molecule has 1 saturated heterocycles. The predicted molar refractivity (Wildman–Crippen MR) is 76.3 cm³/mol. The Morgan fingerprint density at radius 3 is 2.42 bits per heavy atom. The molecule has 1 heterocycles. The summed E-state index contributed by atoms with van der Waals surface area (Å²) in [5, 5.41) is 9.88. The minimum absolute atomic E-state index is 0.336. The maximum Gasteiger partial charge on any atom is 0.328 e. The first-order chi connectivity index (χ1) is 9.04. The third kappa shape index (κ3) is 2.16. The van der Waals surface area contributed by atoms with Gasteiger partial charge in [0.25, 0.3) is 0 Å². The van der Waals surface area contributed by atoms with Gasteiger partial charge in [-0.15, -0.1) is 0 Å². The number of nitrogens with zero attached hydrogens (tertiary/aromatic N) is 1. The van der Waals surface area contributed by atoms with E-state index in [-0.39, 0.29) is 0 Å². The summed E-state index contributed by atoms with van der Waals surface area (Å²) in [6.45, 7) is 7.98. The fraction of sp³-hybridized carbons (Fsp3) is 0.562. The van der Waals surface area contributed by atoms with Crippen molar-refractivity contribution in [3.05, 3.63) is 35.4 Å². The summed E-state index contributed by atoms with van der Waals surface area (Å²) < 4.78 is 0. The summed E-state index contributed by atoms with van der Waals surface area (Å²) in [7, 11) is 0. The minimum atomic E-state index is -0.848. The van der Waals surface area contributed by atoms with Gasteiger partial charge in [0.1, 0.15) is 5.54 Å². The third-order valence-electron chi connectivity index (χ3n) is 4.29. The Bertz CT molecular complexity index is 466. The van der Waals surface area contributed by atoms with Crippen LogP contribution in [0.15, 0.2) is 24.3 Å². The lowest BCUT2D eigenvalue weighted by Crippen LogP contribution is -2.57. The van der Waals surface area contributed by atoms with Gasteiger partial charge >= 0.3 is 5.97 Å². The average molecular weight is 261 g/mol. The van der Waals surface area contributed by atoms with Crippen LogP contribution in [0.3, 0.4) is 0 Å². The number of benzene rings is 1. The van der Waals surface area contributed by atoms with Crippen LogP contribution < -0.4 is 0 Å². The van der Waals surface area contributed by atoms with Crippen LogP contribution in [0.4, 0.5) is 0 Å². The summed E-state index contributed by atoms with van der Waals surface area (Å²) in [4.78, 5) is 14.1. The van der Waals surface area contributed by atoms with E-state index in [1.165, 1.54) is 0 Å². The lowest BCUT2D eigenvalue weighted by Gasteiger charge is -2.46. The van der Waals surface area contributed by atoms with E-state index in [1.54, 1.807) is 0 Å². The van der Waals surface area contributed by atoms with E-state index in [9.17, 15) is 9.90 Å². The maximum absolute atomic E-state index is 12.0. The molecule has 0 aromatic heterocycles. The molecule has 0 aliphatic carbocycles. The van der Waals surface area contributed by atoms with Gasteiger partial charge in [-0.2, -0.15) is 0 Å². The zero-order valence-corrected chi connectivity index (χ0v) is 12.0. The highest BCUT2D eigenvalue weighted by Gasteiger charge is 2.47. The number of carboxylic acids is 1. The molecule has 1 aliphatic rings. The molecule has 1 fully saturated rings. The van der Waals surface area contributed by atoms with Crippen molar-refractivity contribution in [1.82, 2.24) is 4.90 Å². The Balaban J connectivity index is 2.58. The first-order valence-electron chi connectivity index (χ1n) is 7.12. The number of rotatable bonds is 5. The van der Waals surface area contributed by atoms with Gasteiger partial charge in [-0.05, 0) is 29.9 Å². The molecular weight excluding hydrogens is 238 g/mol. The second-order valence-electron chi connectivity index (χ2n) is 5.60. The van der Waals surface area contributed by atoms with Crippen molar-refractivity contribution in [2.45, 2.75) is 45.1 Å². The third-order valence-corrected chi connectivity index (χ3v) is 4.29. The second kappa shape index (κ2) is 5.33. The topological polar surface area (TPSA) is 40.5 Å². The maximum atomic E-state index is 12.0. The first kappa shape index (κ1) is 14.1.